The molecule has 0 bridgehead atoms. The van der Waals surface area contributed by atoms with Crippen molar-refractivity contribution in [3.63, 3.8) is 0 Å². The van der Waals surface area contributed by atoms with E-state index in [9.17, 15) is 4.79 Å². The van der Waals surface area contributed by atoms with Crippen LogP contribution in [0, 0.1) is 6.92 Å². The van der Waals surface area contributed by atoms with Gasteiger partial charge in [-0.15, -0.1) is 0 Å². The van der Waals surface area contributed by atoms with Crippen LogP contribution in [0.3, 0.4) is 0 Å². The van der Waals surface area contributed by atoms with Crippen LogP contribution >= 0.6 is 11.8 Å². The minimum Gasteiger partial charge on any atom is -0.454 e. The van der Waals surface area contributed by atoms with Crippen LogP contribution in [0.25, 0.3) is 6.08 Å². The number of aliphatic imine (C=N–C) groups is 1. The van der Waals surface area contributed by atoms with Crippen molar-refractivity contribution >= 4 is 34.6 Å². The first-order valence-electron chi connectivity index (χ1n) is 8.89. The predicted molar refractivity (Wildman–Crippen MR) is 109 cm³/mol. The fraction of sp³-hybridized carbons (Fsp3) is 0.238. The van der Waals surface area contributed by atoms with Crippen molar-refractivity contribution in [1.82, 2.24) is 0 Å². The number of rotatable bonds is 4. The molecule has 0 saturated heterocycles. The summed E-state index contributed by atoms with van der Waals surface area (Å²) in [5, 5.41) is 0.720. The Morgan fingerprint density at radius 3 is 2.70 bits per heavy atom. The van der Waals surface area contributed by atoms with Gasteiger partial charge < -0.3 is 9.47 Å². The van der Waals surface area contributed by atoms with E-state index >= 15 is 0 Å². The van der Waals surface area contributed by atoms with E-state index < -0.39 is 0 Å². The zero-order valence-electron chi connectivity index (χ0n) is 15.3. The van der Waals surface area contributed by atoms with Crippen LogP contribution in [0.2, 0.25) is 0 Å². The summed E-state index contributed by atoms with van der Waals surface area (Å²) in [4.78, 5) is 19.4. The summed E-state index contributed by atoms with van der Waals surface area (Å²) in [7, 11) is 0. The van der Waals surface area contributed by atoms with Gasteiger partial charge in [-0.3, -0.25) is 9.69 Å². The molecule has 0 atom stereocenters. The van der Waals surface area contributed by atoms with E-state index in [0.29, 0.717) is 11.4 Å². The number of aryl methyl sites for hydroxylation is 1. The Labute approximate surface area is 162 Å². The number of carbonyl (C=O) groups is 1. The second kappa shape index (κ2) is 7.48. The lowest BCUT2D eigenvalue weighted by Crippen LogP contribution is -2.30. The van der Waals surface area contributed by atoms with Crippen LogP contribution in [0.15, 0.2) is 53.2 Å². The van der Waals surface area contributed by atoms with Crippen molar-refractivity contribution in [2.45, 2.75) is 20.3 Å². The molecule has 0 aromatic heterocycles. The topological polar surface area (TPSA) is 51.1 Å². The largest absolute Gasteiger partial charge is 0.454 e. The summed E-state index contributed by atoms with van der Waals surface area (Å²) in [6.45, 7) is 4.37. The molecular weight excluding hydrogens is 360 g/mol. The highest BCUT2D eigenvalue weighted by molar-refractivity contribution is 8.14. The lowest BCUT2D eigenvalue weighted by atomic mass is 10.1. The molecule has 2 aliphatic heterocycles. The maximum absolute atomic E-state index is 13.1. The summed E-state index contributed by atoms with van der Waals surface area (Å²) < 4.78 is 10.8. The Kier molecular flexibility index (Phi) is 4.90. The van der Waals surface area contributed by atoms with Crippen LogP contribution in [0.5, 0.6) is 11.5 Å². The Hall–Kier alpha value is -2.73. The van der Waals surface area contributed by atoms with Gasteiger partial charge in [0, 0.05) is 5.75 Å². The second-order valence-electron chi connectivity index (χ2n) is 6.36. The fourth-order valence-electron chi connectivity index (χ4n) is 2.87. The van der Waals surface area contributed by atoms with Crippen molar-refractivity contribution in [2.24, 2.45) is 4.99 Å². The number of nitrogens with zero attached hydrogens (tertiary/aromatic N) is 2. The van der Waals surface area contributed by atoms with Crippen molar-refractivity contribution in [3.8, 4) is 11.5 Å². The van der Waals surface area contributed by atoms with Crippen molar-refractivity contribution in [3.05, 3.63) is 59.3 Å². The number of anilines is 1. The molecule has 1 amide bonds. The third-order valence-corrected chi connectivity index (χ3v) is 5.40. The molecule has 0 spiro atoms. The number of thioether (sulfide) groups is 1. The Morgan fingerprint density at radius 1 is 1.15 bits per heavy atom. The molecule has 6 heteroatoms. The third-order valence-electron chi connectivity index (χ3n) is 4.26. The number of fused-ring (bicyclic) bond motifs is 1. The van der Waals surface area contributed by atoms with E-state index in [1.54, 1.807) is 22.7 Å². The highest BCUT2D eigenvalue weighted by atomic mass is 32.2. The van der Waals surface area contributed by atoms with Gasteiger partial charge in [0.25, 0.3) is 5.91 Å². The molecule has 2 heterocycles. The first-order valence-corrected chi connectivity index (χ1v) is 9.88. The molecule has 0 radical (unpaired) electrons. The first-order chi connectivity index (χ1) is 13.2. The van der Waals surface area contributed by atoms with Crippen molar-refractivity contribution in [1.29, 1.82) is 0 Å². The third kappa shape index (κ3) is 3.57. The molecule has 0 unspecified atom stereocenters. The first kappa shape index (κ1) is 17.7. The number of amidine groups is 1. The Balaban J connectivity index is 1.67. The highest BCUT2D eigenvalue weighted by Gasteiger charge is 2.31. The van der Waals surface area contributed by atoms with Gasteiger partial charge in [-0.2, -0.15) is 0 Å². The molecule has 4 rings (SSSR count). The smallest absolute Gasteiger partial charge is 0.283 e. The maximum atomic E-state index is 13.1. The summed E-state index contributed by atoms with van der Waals surface area (Å²) in [6.07, 6.45) is 2.81. The number of benzene rings is 2. The normalized spacial score (nSPS) is 17.0. The van der Waals surface area contributed by atoms with Gasteiger partial charge >= 0.3 is 0 Å². The number of hydrogen-bond acceptors (Lipinski definition) is 5. The van der Waals surface area contributed by atoms with Crippen molar-refractivity contribution in [2.75, 3.05) is 17.4 Å². The second-order valence-corrected chi connectivity index (χ2v) is 7.42. The number of ether oxygens (including phenoxy) is 2. The zero-order chi connectivity index (χ0) is 18.8. The molecule has 0 saturated carbocycles. The number of carbonyl (C=O) groups excluding carboxylic acids is 1. The predicted octanol–water partition coefficient (Wildman–Crippen LogP) is 4.61. The molecular formula is C21H20N2O3S. The molecule has 2 aromatic carbocycles. The van der Waals surface area contributed by atoms with E-state index in [0.717, 1.165) is 39.9 Å². The van der Waals surface area contributed by atoms with Gasteiger partial charge in [0.15, 0.2) is 16.7 Å². The molecule has 0 fully saturated rings. The van der Waals surface area contributed by atoms with Gasteiger partial charge in [-0.05, 0) is 49.2 Å². The summed E-state index contributed by atoms with van der Waals surface area (Å²) in [5.41, 5.74) is 3.27. The van der Waals surface area contributed by atoms with E-state index in [-0.39, 0.29) is 12.7 Å². The van der Waals surface area contributed by atoms with Gasteiger partial charge in [-0.25, -0.2) is 4.99 Å². The Bertz CT molecular complexity index is 935. The molecule has 0 N–H and O–H groups in total. The maximum Gasteiger partial charge on any atom is 0.283 e. The van der Waals surface area contributed by atoms with E-state index in [2.05, 4.69) is 11.9 Å². The molecule has 0 aliphatic carbocycles. The summed E-state index contributed by atoms with van der Waals surface area (Å²) >= 11 is 1.60. The number of hydrogen-bond donors (Lipinski definition) is 0. The van der Waals surface area contributed by atoms with Crippen LogP contribution in [-0.4, -0.2) is 23.6 Å². The molecule has 2 aromatic rings. The average Bonchev–Trinajstić information content (AvgIpc) is 3.25. The van der Waals surface area contributed by atoms with Gasteiger partial charge in [0.05, 0.1) is 5.69 Å². The van der Waals surface area contributed by atoms with Gasteiger partial charge in [0.1, 0.15) is 5.70 Å². The zero-order valence-corrected chi connectivity index (χ0v) is 16.1. The lowest BCUT2D eigenvalue weighted by molar-refractivity contribution is -0.113. The molecule has 5 nitrogen and oxygen atoms in total. The lowest BCUT2D eigenvalue weighted by Gasteiger charge is -2.17. The SMILES string of the molecule is CCCSC1=NC(=Cc2ccc3c(c2)OCO3)C(=O)N1c1ccc(C)cc1. The van der Waals surface area contributed by atoms with Crippen LogP contribution in [-0.2, 0) is 4.79 Å². The average molecular weight is 380 g/mol. The molecule has 138 valence electrons. The molecule has 2 aliphatic rings. The van der Waals surface area contributed by atoms with E-state index in [1.807, 2.05) is 49.4 Å². The summed E-state index contributed by atoms with van der Waals surface area (Å²) in [6, 6.07) is 13.5. The summed E-state index contributed by atoms with van der Waals surface area (Å²) in [5.74, 6) is 2.20. The van der Waals surface area contributed by atoms with Crippen molar-refractivity contribution < 1.29 is 14.3 Å². The Morgan fingerprint density at radius 2 is 1.93 bits per heavy atom. The standard InChI is InChI=1S/C21H20N2O3S/c1-3-10-27-21-22-17(11-15-6-9-18-19(12-15)26-13-25-18)20(24)23(21)16-7-4-14(2)5-8-16/h4-9,11-12H,3,10,13H2,1-2H3. The van der Waals surface area contributed by atoms with Crippen LogP contribution < -0.4 is 14.4 Å². The monoisotopic (exact) mass is 380 g/mol. The minimum atomic E-state index is -0.116. The minimum absolute atomic E-state index is 0.116. The van der Waals surface area contributed by atoms with Crippen LogP contribution in [0.1, 0.15) is 24.5 Å². The highest BCUT2D eigenvalue weighted by Crippen LogP contribution is 2.34. The van der Waals surface area contributed by atoms with E-state index in [1.165, 1.54) is 0 Å². The van der Waals surface area contributed by atoms with Crippen LogP contribution in [0.4, 0.5) is 5.69 Å². The molecule has 27 heavy (non-hydrogen) atoms. The van der Waals surface area contributed by atoms with E-state index in [4.69, 9.17) is 9.47 Å². The number of amides is 1. The van der Waals surface area contributed by atoms with Gasteiger partial charge in [-0.1, -0.05) is 42.4 Å². The quantitative estimate of drug-likeness (QED) is 0.727. The van der Waals surface area contributed by atoms with Gasteiger partial charge in [0.2, 0.25) is 6.79 Å². The fourth-order valence-corrected chi connectivity index (χ4v) is 3.74.